The van der Waals surface area contributed by atoms with E-state index in [0.717, 1.165) is 17.5 Å². The molecule has 0 bridgehead atoms. The van der Waals surface area contributed by atoms with Crippen molar-refractivity contribution < 1.29 is 14.3 Å². The van der Waals surface area contributed by atoms with Crippen LogP contribution >= 0.6 is 11.6 Å². The van der Waals surface area contributed by atoms with Gasteiger partial charge in [-0.2, -0.15) is 5.26 Å². The van der Waals surface area contributed by atoms with Crippen LogP contribution in [0.5, 0.6) is 5.75 Å². The summed E-state index contributed by atoms with van der Waals surface area (Å²) in [6.45, 7) is 0. The van der Waals surface area contributed by atoms with Crippen LogP contribution in [0.1, 0.15) is 41.1 Å². The van der Waals surface area contributed by atoms with Crippen LogP contribution in [0.3, 0.4) is 0 Å². The Balaban J connectivity index is 0.000000406. The molecule has 1 N–H and O–H groups in total. The quantitative estimate of drug-likeness (QED) is 0.437. The van der Waals surface area contributed by atoms with Crippen LogP contribution in [0.25, 0.3) is 0 Å². The van der Waals surface area contributed by atoms with Crippen molar-refractivity contribution in [2.24, 2.45) is 0 Å². The molecule has 2 aromatic heterocycles. The van der Waals surface area contributed by atoms with Gasteiger partial charge in [0.05, 0.1) is 22.9 Å². The summed E-state index contributed by atoms with van der Waals surface area (Å²) in [6.07, 6.45) is 7.30. The van der Waals surface area contributed by atoms with E-state index in [4.69, 9.17) is 16.3 Å². The van der Waals surface area contributed by atoms with E-state index in [-0.39, 0.29) is 5.92 Å². The van der Waals surface area contributed by atoms with Gasteiger partial charge in [0, 0.05) is 18.2 Å². The molecule has 7 heteroatoms. The van der Waals surface area contributed by atoms with E-state index in [1.807, 2.05) is 30.3 Å². The summed E-state index contributed by atoms with van der Waals surface area (Å²) < 4.78 is 11.0. The first-order valence-corrected chi connectivity index (χ1v) is 10.9. The van der Waals surface area contributed by atoms with Crippen LogP contribution < -0.4 is 4.74 Å². The largest absolute Gasteiger partial charge is 0.476 e. The molecule has 0 amide bonds. The fourth-order valence-corrected chi connectivity index (χ4v) is 5.16. The second kappa shape index (κ2) is 8.36. The van der Waals surface area contributed by atoms with E-state index < -0.39 is 11.2 Å². The highest BCUT2D eigenvalue weighted by Gasteiger charge is 2.69. The maximum Gasteiger partial charge on any atom is 0.180 e. The average molecular weight is 458 g/mol. The van der Waals surface area contributed by atoms with E-state index in [0.29, 0.717) is 28.5 Å². The SMILES string of the molecule is N#Cc1ccc(C23Oc4cc(Cl)cnc4C2(O)CCC3c2ccccc2)cc1.c1cocn1. The number of hydrogen-bond acceptors (Lipinski definition) is 6. The van der Waals surface area contributed by atoms with Crippen molar-refractivity contribution in [3.8, 4) is 11.8 Å². The smallest absolute Gasteiger partial charge is 0.180 e. The highest BCUT2D eigenvalue weighted by atomic mass is 35.5. The molecule has 0 saturated heterocycles. The molecule has 1 fully saturated rings. The van der Waals surface area contributed by atoms with Crippen LogP contribution in [0.2, 0.25) is 5.02 Å². The van der Waals surface area contributed by atoms with Crippen molar-refractivity contribution in [1.29, 1.82) is 5.26 Å². The maximum atomic E-state index is 11.9. The fourth-order valence-electron chi connectivity index (χ4n) is 5.02. The molecule has 2 aromatic carbocycles. The molecule has 164 valence electrons. The first-order chi connectivity index (χ1) is 16.1. The zero-order valence-corrected chi connectivity index (χ0v) is 18.3. The monoisotopic (exact) mass is 457 g/mol. The minimum Gasteiger partial charge on any atom is -0.476 e. The van der Waals surface area contributed by atoms with Crippen molar-refractivity contribution in [3.05, 3.63) is 113 Å². The summed E-state index contributed by atoms with van der Waals surface area (Å²) >= 11 is 6.15. The van der Waals surface area contributed by atoms with Gasteiger partial charge >= 0.3 is 0 Å². The van der Waals surface area contributed by atoms with Gasteiger partial charge in [0.25, 0.3) is 0 Å². The van der Waals surface area contributed by atoms with Gasteiger partial charge in [-0.05, 0) is 36.1 Å². The Bertz CT molecular complexity index is 1270. The molecule has 1 saturated carbocycles. The lowest BCUT2D eigenvalue weighted by Gasteiger charge is -2.39. The van der Waals surface area contributed by atoms with Gasteiger partial charge in [0.15, 0.2) is 17.6 Å². The van der Waals surface area contributed by atoms with E-state index in [2.05, 4.69) is 32.6 Å². The Morgan fingerprint density at radius 2 is 1.91 bits per heavy atom. The lowest BCUT2D eigenvalue weighted by Crippen LogP contribution is -2.48. The lowest BCUT2D eigenvalue weighted by atomic mass is 9.72. The Hall–Kier alpha value is -3.66. The van der Waals surface area contributed by atoms with Crippen molar-refractivity contribution in [2.45, 2.75) is 30.0 Å². The number of pyridine rings is 1. The molecule has 2 aliphatic rings. The minimum atomic E-state index is -1.28. The van der Waals surface area contributed by atoms with Gasteiger partial charge in [0.1, 0.15) is 17.7 Å². The van der Waals surface area contributed by atoms with Gasteiger partial charge in [0.2, 0.25) is 0 Å². The topological polar surface area (TPSA) is 92.2 Å². The molecule has 0 spiro atoms. The van der Waals surface area contributed by atoms with Crippen LogP contribution in [0.15, 0.2) is 90.1 Å². The van der Waals surface area contributed by atoms with E-state index in [9.17, 15) is 10.4 Å². The first-order valence-electron chi connectivity index (χ1n) is 10.5. The molecule has 3 unspecified atom stereocenters. The summed E-state index contributed by atoms with van der Waals surface area (Å²) in [5, 5.41) is 21.6. The highest BCUT2D eigenvalue weighted by molar-refractivity contribution is 6.30. The number of halogens is 1. The normalized spacial score (nSPS) is 24.6. The van der Waals surface area contributed by atoms with Gasteiger partial charge < -0.3 is 14.3 Å². The third kappa shape index (κ3) is 3.37. The predicted molar refractivity (Wildman–Crippen MR) is 122 cm³/mol. The standard InChI is InChI=1S/C23H17ClN2O2.C3H3NO/c24-18-12-20-21(26-14-18)22(27)11-10-19(16-4-2-1-3-5-16)23(22,28-20)17-8-6-15(13-25)7-9-17;1-2-5-3-4-1/h1-9,12,14,19,27H,10-11H2;1-3H. The molecule has 4 aromatic rings. The second-order valence-corrected chi connectivity index (χ2v) is 8.50. The third-order valence-corrected chi connectivity index (χ3v) is 6.58. The first kappa shape index (κ1) is 21.2. The molecule has 0 radical (unpaired) electrons. The summed E-state index contributed by atoms with van der Waals surface area (Å²) in [4.78, 5) is 8.00. The molecule has 1 aliphatic heterocycles. The van der Waals surface area contributed by atoms with Gasteiger partial charge in [-0.3, -0.25) is 4.98 Å². The number of fused-ring (bicyclic) bond motifs is 3. The number of nitriles is 1. The number of ether oxygens (including phenoxy) is 1. The lowest BCUT2D eigenvalue weighted by molar-refractivity contribution is -0.107. The summed E-state index contributed by atoms with van der Waals surface area (Å²) in [5.74, 6) is 0.444. The number of nitrogens with zero attached hydrogens (tertiary/aromatic N) is 3. The average Bonchev–Trinajstić information content (AvgIpc) is 3.56. The van der Waals surface area contributed by atoms with Crippen LogP contribution in [0, 0.1) is 11.3 Å². The molecule has 6 rings (SSSR count). The summed E-state index contributed by atoms with van der Waals surface area (Å²) in [6, 6.07) is 21.2. The molecular weight excluding hydrogens is 438 g/mol. The van der Waals surface area contributed by atoms with Gasteiger partial charge in [-0.15, -0.1) is 0 Å². The Morgan fingerprint density at radius 1 is 1.12 bits per heavy atom. The number of rotatable bonds is 2. The third-order valence-electron chi connectivity index (χ3n) is 6.37. The van der Waals surface area contributed by atoms with Gasteiger partial charge in [-0.25, -0.2) is 4.98 Å². The number of benzene rings is 2. The molecular formula is C26H20ClN3O3. The van der Waals surface area contributed by atoms with Gasteiger partial charge in [-0.1, -0.05) is 54.1 Å². The second-order valence-electron chi connectivity index (χ2n) is 8.07. The van der Waals surface area contributed by atoms with Crippen molar-refractivity contribution >= 4 is 11.6 Å². The van der Waals surface area contributed by atoms with Crippen molar-refractivity contribution in [1.82, 2.24) is 9.97 Å². The van der Waals surface area contributed by atoms with Crippen molar-refractivity contribution in [3.63, 3.8) is 0 Å². The predicted octanol–water partition coefficient (Wildman–Crippen LogP) is 5.33. The zero-order chi connectivity index (χ0) is 22.9. The summed E-state index contributed by atoms with van der Waals surface area (Å²) in [5.41, 5.74) is 0.717. The fraction of sp³-hybridized carbons (Fsp3) is 0.192. The Labute approximate surface area is 196 Å². The molecule has 3 heterocycles. The van der Waals surface area contributed by atoms with Crippen LogP contribution in [-0.4, -0.2) is 15.1 Å². The van der Waals surface area contributed by atoms with Crippen LogP contribution in [-0.2, 0) is 11.2 Å². The number of aromatic nitrogens is 2. The number of oxazole rings is 1. The molecule has 1 aliphatic carbocycles. The minimum absolute atomic E-state index is 0.0698. The molecule has 33 heavy (non-hydrogen) atoms. The molecule has 6 nitrogen and oxygen atoms in total. The number of aliphatic hydroxyl groups is 1. The van der Waals surface area contributed by atoms with E-state index in [1.54, 1.807) is 30.6 Å². The zero-order valence-electron chi connectivity index (χ0n) is 17.6. The van der Waals surface area contributed by atoms with E-state index >= 15 is 0 Å². The Morgan fingerprint density at radius 3 is 2.55 bits per heavy atom. The maximum absolute atomic E-state index is 11.9. The van der Waals surface area contributed by atoms with Crippen molar-refractivity contribution in [2.75, 3.05) is 0 Å². The summed E-state index contributed by atoms with van der Waals surface area (Å²) in [7, 11) is 0. The highest BCUT2D eigenvalue weighted by Crippen LogP contribution is 2.66. The Kier molecular flexibility index (Phi) is 5.37. The van der Waals surface area contributed by atoms with Crippen LogP contribution in [0.4, 0.5) is 0 Å². The van der Waals surface area contributed by atoms with E-state index in [1.165, 1.54) is 12.7 Å². The molecule has 3 atom stereocenters. The number of hydrogen-bond donors (Lipinski definition) is 1.